The van der Waals surface area contributed by atoms with Crippen LogP contribution in [0.3, 0.4) is 0 Å². The van der Waals surface area contributed by atoms with Crippen molar-refractivity contribution in [2.24, 2.45) is 5.92 Å². The number of carbonyl (C=O) groups is 1. The summed E-state index contributed by atoms with van der Waals surface area (Å²) < 4.78 is 0. The van der Waals surface area contributed by atoms with Crippen molar-refractivity contribution in [3.63, 3.8) is 0 Å². The van der Waals surface area contributed by atoms with Crippen molar-refractivity contribution < 1.29 is 4.79 Å². The van der Waals surface area contributed by atoms with Crippen LogP contribution in [0.2, 0.25) is 0 Å². The summed E-state index contributed by atoms with van der Waals surface area (Å²) in [7, 11) is 0. The molecule has 2 aliphatic heterocycles. The summed E-state index contributed by atoms with van der Waals surface area (Å²) in [4.78, 5) is 19.2. The van der Waals surface area contributed by atoms with E-state index in [9.17, 15) is 4.79 Å². The molecule has 0 saturated carbocycles. The van der Waals surface area contributed by atoms with Gasteiger partial charge in [0, 0.05) is 18.8 Å². The lowest BCUT2D eigenvalue weighted by Crippen LogP contribution is -2.50. The number of pyridine rings is 1. The second-order valence-corrected chi connectivity index (χ2v) is 6.35. The Balaban J connectivity index is 1.49. The van der Waals surface area contributed by atoms with E-state index >= 15 is 0 Å². The first-order valence-electron chi connectivity index (χ1n) is 8.45. The molecular formula is C17H26N4O. The average molecular weight is 302 g/mol. The predicted molar refractivity (Wildman–Crippen MR) is 86.3 cm³/mol. The van der Waals surface area contributed by atoms with E-state index < -0.39 is 0 Å². The smallest absolute Gasteiger partial charge is 0.224 e. The van der Waals surface area contributed by atoms with Crippen molar-refractivity contribution in [3.05, 3.63) is 30.1 Å². The molecule has 1 atom stereocenters. The first-order chi connectivity index (χ1) is 10.8. The number of likely N-dealkylation sites (tertiary alicyclic amines) is 1. The summed E-state index contributed by atoms with van der Waals surface area (Å²) in [6, 6.07) is 6.45. The van der Waals surface area contributed by atoms with Crippen LogP contribution in [0.4, 0.5) is 0 Å². The summed E-state index contributed by atoms with van der Waals surface area (Å²) >= 11 is 0. The monoisotopic (exact) mass is 302 g/mol. The van der Waals surface area contributed by atoms with Crippen LogP contribution in [-0.2, 0) is 11.3 Å². The van der Waals surface area contributed by atoms with Crippen LogP contribution in [0.5, 0.6) is 0 Å². The van der Waals surface area contributed by atoms with Gasteiger partial charge in [0.1, 0.15) is 0 Å². The van der Waals surface area contributed by atoms with E-state index in [2.05, 4.69) is 20.5 Å². The van der Waals surface area contributed by atoms with E-state index in [1.165, 1.54) is 12.8 Å². The first kappa shape index (κ1) is 15.4. The maximum absolute atomic E-state index is 12.4. The van der Waals surface area contributed by atoms with Crippen LogP contribution in [-0.4, -0.2) is 48.0 Å². The number of aromatic nitrogens is 1. The zero-order valence-corrected chi connectivity index (χ0v) is 13.1. The van der Waals surface area contributed by atoms with Crippen molar-refractivity contribution in [3.8, 4) is 0 Å². The Morgan fingerprint density at radius 2 is 2.18 bits per heavy atom. The highest BCUT2D eigenvalue weighted by Crippen LogP contribution is 2.22. The lowest BCUT2D eigenvalue weighted by atomic mass is 9.93. The molecule has 2 saturated heterocycles. The largest absolute Gasteiger partial charge is 0.350 e. The fraction of sp³-hybridized carbons (Fsp3) is 0.647. The molecule has 1 amide bonds. The molecule has 0 bridgehead atoms. The van der Waals surface area contributed by atoms with Crippen LogP contribution in [0.15, 0.2) is 24.4 Å². The number of hydrogen-bond donors (Lipinski definition) is 2. The van der Waals surface area contributed by atoms with E-state index in [1.807, 2.05) is 18.2 Å². The molecule has 3 rings (SSSR count). The second-order valence-electron chi connectivity index (χ2n) is 6.35. The third-order valence-corrected chi connectivity index (χ3v) is 4.82. The van der Waals surface area contributed by atoms with Gasteiger partial charge in [-0.15, -0.1) is 0 Å². The van der Waals surface area contributed by atoms with Gasteiger partial charge in [-0.2, -0.15) is 0 Å². The van der Waals surface area contributed by atoms with Gasteiger partial charge in [-0.25, -0.2) is 0 Å². The predicted octanol–water partition coefficient (Wildman–Crippen LogP) is 1.16. The van der Waals surface area contributed by atoms with Crippen LogP contribution >= 0.6 is 0 Å². The molecule has 1 aromatic rings. The Labute approximate surface area is 132 Å². The SMILES string of the molecule is O=C(NCc1ccccn1)[C@H]1CCCN(C2CCNCC2)C1. The zero-order valence-electron chi connectivity index (χ0n) is 13.1. The van der Waals surface area contributed by atoms with Gasteiger partial charge in [-0.1, -0.05) is 6.07 Å². The second kappa shape index (κ2) is 7.70. The number of carbonyl (C=O) groups excluding carboxylic acids is 1. The van der Waals surface area contributed by atoms with E-state index in [1.54, 1.807) is 6.20 Å². The van der Waals surface area contributed by atoms with E-state index in [0.717, 1.165) is 44.7 Å². The van der Waals surface area contributed by atoms with Crippen molar-refractivity contribution in [2.45, 2.75) is 38.3 Å². The van der Waals surface area contributed by atoms with E-state index in [4.69, 9.17) is 0 Å². The number of nitrogens with zero attached hydrogens (tertiary/aromatic N) is 2. The van der Waals surface area contributed by atoms with Crippen molar-refractivity contribution >= 4 is 5.91 Å². The number of piperidine rings is 2. The van der Waals surface area contributed by atoms with Crippen LogP contribution in [0.1, 0.15) is 31.4 Å². The van der Waals surface area contributed by atoms with Gasteiger partial charge >= 0.3 is 0 Å². The molecule has 2 N–H and O–H groups in total. The molecule has 1 aromatic heterocycles. The lowest BCUT2D eigenvalue weighted by molar-refractivity contribution is -0.127. The van der Waals surface area contributed by atoms with Crippen LogP contribution in [0, 0.1) is 5.92 Å². The molecule has 5 nitrogen and oxygen atoms in total. The van der Waals surface area contributed by atoms with Crippen molar-refractivity contribution in [1.29, 1.82) is 0 Å². The average Bonchev–Trinajstić information content (AvgIpc) is 2.61. The molecule has 0 aromatic carbocycles. The summed E-state index contributed by atoms with van der Waals surface area (Å²) in [6.07, 6.45) is 6.33. The van der Waals surface area contributed by atoms with Gasteiger partial charge in [-0.05, 0) is 57.5 Å². The third-order valence-electron chi connectivity index (χ3n) is 4.82. The molecular weight excluding hydrogens is 276 g/mol. The van der Waals surface area contributed by atoms with E-state index in [0.29, 0.717) is 12.6 Å². The molecule has 120 valence electrons. The molecule has 0 unspecified atom stereocenters. The number of amides is 1. The van der Waals surface area contributed by atoms with Gasteiger partial charge in [0.15, 0.2) is 0 Å². The topological polar surface area (TPSA) is 57.3 Å². The minimum atomic E-state index is 0.132. The summed E-state index contributed by atoms with van der Waals surface area (Å²) in [5.41, 5.74) is 0.918. The maximum atomic E-state index is 12.4. The van der Waals surface area contributed by atoms with Crippen molar-refractivity contribution in [2.75, 3.05) is 26.2 Å². The Kier molecular flexibility index (Phi) is 5.40. The number of rotatable bonds is 4. The van der Waals surface area contributed by atoms with Gasteiger partial charge in [-0.3, -0.25) is 14.7 Å². The molecule has 5 heteroatoms. The molecule has 22 heavy (non-hydrogen) atoms. The van der Waals surface area contributed by atoms with E-state index in [-0.39, 0.29) is 11.8 Å². The van der Waals surface area contributed by atoms with Crippen molar-refractivity contribution in [1.82, 2.24) is 20.5 Å². The Hall–Kier alpha value is -1.46. The maximum Gasteiger partial charge on any atom is 0.224 e. The summed E-state index contributed by atoms with van der Waals surface area (Å²) in [5, 5.41) is 6.47. The standard InChI is InChI=1S/C17H26N4O/c22-17(20-12-15-5-1-2-8-19-15)14-4-3-11-21(13-14)16-6-9-18-10-7-16/h1-2,5,8,14,16,18H,3-4,6-7,9-13H2,(H,20,22)/t14-/m0/s1. The van der Waals surface area contributed by atoms with Gasteiger partial charge in [0.05, 0.1) is 18.2 Å². The Morgan fingerprint density at radius 1 is 1.32 bits per heavy atom. The summed E-state index contributed by atoms with van der Waals surface area (Å²) in [6.45, 7) is 4.81. The highest BCUT2D eigenvalue weighted by molar-refractivity contribution is 5.78. The Bertz CT molecular complexity index is 473. The number of nitrogens with one attached hydrogen (secondary N) is 2. The number of hydrogen-bond acceptors (Lipinski definition) is 4. The zero-order chi connectivity index (χ0) is 15.2. The molecule has 2 fully saturated rings. The molecule has 0 spiro atoms. The fourth-order valence-electron chi connectivity index (χ4n) is 3.55. The molecule has 3 heterocycles. The quantitative estimate of drug-likeness (QED) is 0.876. The summed E-state index contributed by atoms with van der Waals surface area (Å²) in [5.74, 6) is 0.316. The Morgan fingerprint density at radius 3 is 2.95 bits per heavy atom. The van der Waals surface area contributed by atoms with Crippen LogP contribution in [0.25, 0.3) is 0 Å². The molecule has 0 aliphatic carbocycles. The normalized spacial score (nSPS) is 24.1. The third kappa shape index (κ3) is 4.05. The van der Waals surface area contributed by atoms with Crippen LogP contribution < -0.4 is 10.6 Å². The van der Waals surface area contributed by atoms with Gasteiger partial charge in [0.25, 0.3) is 0 Å². The minimum absolute atomic E-state index is 0.132. The molecule has 2 aliphatic rings. The lowest BCUT2D eigenvalue weighted by Gasteiger charge is -2.39. The highest BCUT2D eigenvalue weighted by Gasteiger charge is 2.30. The minimum Gasteiger partial charge on any atom is -0.350 e. The first-order valence-corrected chi connectivity index (χ1v) is 8.45. The fourth-order valence-corrected chi connectivity index (χ4v) is 3.55. The highest BCUT2D eigenvalue weighted by atomic mass is 16.1. The molecule has 0 radical (unpaired) electrons. The van der Waals surface area contributed by atoms with Gasteiger partial charge < -0.3 is 10.6 Å². The van der Waals surface area contributed by atoms with Gasteiger partial charge in [0.2, 0.25) is 5.91 Å².